The van der Waals surface area contributed by atoms with Gasteiger partial charge in [-0.2, -0.15) is 0 Å². The highest BCUT2D eigenvalue weighted by Crippen LogP contribution is 2.29. The van der Waals surface area contributed by atoms with Crippen LogP contribution < -0.4 is 4.74 Å². The Kier molecular flexibility index (Phi) is 5.06. The first kappa shape index (κ1) is 15.3. The third-order valence-corrected chi connectivity index (χ3v) is 4.15. The summed E-state index contributed by atoms with van der Waals surface area (Å²) in [4.78, 5) is 2.51. The van der Waals surface area contributed by atoms with Crippen molar-refractivity contribution in [2.45, 2.75) is 52.8 Å². The minimum absolute atomic E-state index is 0.431. The van der Waals surface area contributed by atoms with Crippen molar-refractivity contribution < 1.29 is 9.84 Å². The molecule has 2 rings (SSSR count). The van der Waals surface area contributed by atoms with Crippen LogP contribution in [0.25, 0.3) is 0 Å². The van der Waals surface area contributed by atoms with Gasteiger partial charge in [-0.3, -0.25) is 4.90 Å². The van der Waals surface area contributed by atoms with Crippen molar-refractivity contribution in [3.63, 3.8) is 0 Å². The monoisotopic (exact) mass is 277 g/mol. The van der Waals surface area contributed by atoms with Gasteiger partial charge < -0.3 is 9.84 Å². The van der Waals surface area contributed by atoms with E-state index in [2.05, 4.69) is 24.8 Å². The molecule has 1 saturated heterocycles. The second-order valence-corrected chi connectivity index (χ2v) is 6.10. The van der Waals surface area contributed by atoms with Crippen molar-refractivity contribution in [3.05, 3.63) is 29.3 Å². The molecule has 1 aromatic carbocycles. The maximum absolute atomic E-state index is 9.77. The summed E-state index contributed by atoms with van der Waals surface area (Å²) in [5, 5.41) is 9.77. The second kappa shape index (κ2) is 6.59. The molecular weight excluding hydrogens is 250 g/mol. The normalized spacial score (nSPS) is 24.9. The fraction of sp³-hybridized carbons (Fsp3) is 0.647. The lowest BCUT2D eigenvalue weighted by molar-refractivity contribution is 0.198. The molecule has 0 amide bonds. The van der Waals surface area contributed by atoms with Gasteiger partial charge in [-0.15, -0.1) is 0 Å². The molecule has 0 aromatic heterocycles. The number of hydrogen-bond donors (Lipinski definition) is 1. The van der Waals surface area contributed by atoms with Crippen LogP contribution in [0.1, 0.15) is 51.3 Å². The summed E-state index contributed by atoms with van der Waals surface area (Å²) in [6.07, 6.45) is 0.833. The topological polar surface area (TPSA) is 32.7 Å². The number of benzene rings is 1. The van der Waals surface area contributed by atoms with Gasteiger partial charge in [0.2, 0.25) is 0 Å². The Labute approximate surface area is 122 Å². The van der Waals surface area contributed by atoms with Crippen LogP contribution >= 0.6 is 0 Å². The number of aliphatic hydroxyl groups excluding tert-OH is 1. The Morgan fingerprint density at radius 2 is 2.15 bits per heavy atom. The zero-order valence-electron chi connectivity index (χ0n) is 13.1. The molecule has 1 aliphatic rings. The summed E-state index contributed by atoms with van der Waals surface area (Å²) in [5.74, 6) is 1.71. The van der Waals surface area contributed by atoms with E-state index in [1.54, 1.807) is 6.92 Å². The lowest BCUT2D eigenvalue weighted by Gasteiger charge is -2.23. The predicted molar refractivity (Wildman–Crippen MR) is 81.9 cm³/mol. The van der Waals surface area contributed by atoms with Gasteiger partial charge in [0, 0.05) is 24.7 Å². The first-order chi connectivity index (χ1) is 9.51. The van der Waals surface area contributed by atoms with Gasteiger partial charge >= 0.3 is 0 Å². The van der Waals surface area contributed by atoms with Crippen molar-refractivity contribution in [2.75, 3.05) is 13.2 Å². The van der Waals surface area contributed by atoms with Crippen LogP contribution in [0.5, 0.6) is 5.75 Å². The Bertz CT molecular complexity index is 445. The summed E-state index contributed by atoms with van der Waals surface area (Å²) in [5.41, 5.74) is 2.15. The Hall–Kier alpha value is -1.06. The van der Waals surface area contributed by atoms with Crippen LogP contribution in [0, 0.1) is 5.92 Å². The first-order valence-electron chi connectivity index (χ1n) is 7.69. The summed E-state index contributed by atoms with van der Waals surface area (Å²) in [7, 11) is 0. The summed E-state index contributed by atoms with van der Waals surface area (Å²) in [6, 6.07) is 6.65. The summed E-state index contributed by atoms with van der Waals surface area (Å²) >= 11 is 0. The molecule has 1 fully saturated rings. The molecule has 3 nitrogen and oxygen atoms in total. The first-order valence-corrected chi connectivity index (χ1v) is 7.69. The standard InChI is InChI=1S/C17H27NO2/c1-5-20-17-7-6-15(14(4)19)9-16(17)11-18-10-12(2)8-13(18)3/h6-7,9,12-14,19H,5,8,10-11H2,1-4H3. The molecule has 0 bridgehead atoms. The molecule has 0 spiro atoms. The Morgan fingerprint density at radius 1 is 1.40 bits per heavy atom. The van der Waals surface area contributed by atoms with Crippen LogP contribution in [-0.2, 0) is 6.54 Å². The van der Waals surface area contributed by atoms with Gasteiger partial charge in [0.1, 0.15) is 5.75 Å². The molecule has 3 atom stereocenters. The van der Waals surface area contributed by atoms with Crippen LogP contribution in [0.3, 0.4) is 0 Å². The molecule has 1 N–H and O–H groups in total. The fourth-order valence-electron chi connectivity index (χ4n) is 3.10. The molecule has 3 unspecified atom stereocenters. The number of ether oxygens (including phenoxy) is 1. The number of rotatable bonds is 5. The quantitative estimate of drug-likeness (QED) is 0.895. The van der Waals surface area contributed by atoms with E-state index in [1.165, 1.54) is 12.0 Å². The fourth-order valence-corrected chi connectivity index (χ4v) is 3.10. The Balaban J connectivity index is 2.21. The highest BCUT2D eigenvalue weighted by Gasteiger charge is 2.26. The third kappa shape index (κ3) is 3.53. The molecule has 112 valence electrons. The lowest BCUT2D eigenvalue weighted by atomic mass is 10.1. The van der Waals surface area contributed by atoms with E-state index < -0.39 is 6.10 Å². The van der Waals surface area contributed by atoms with Gasteiger partial charge in [0.05, 0.1) is 12.7 Å². The molecule has 1 heterocycles. The predicted octanol–water partition coefficient (Wildman–Crippen LogP) is 3.37. The van der Waals surface area contributed by atoms with E-state index in [-0.39, 0.29) is 0 Å². The Morgan fingerprint density at radius 3 is 2.70 bits per heavy atom. The van der Waals surface area contributed by atoms with E-state index in [1.807, 2.05) is 19.1 Å². The van der Waals surface area contributed by atoms with Crippen LogP contribution in [0.4, 0.5) is 0 Å². The van der Waals surface area contributed by atoms with E-state index in [4.69, 9.17) is 4.74 Å². The number of likely N-dealkylation sites (tertiary alicyclic amines) is 1. The molecular formula is C17H27NO2. The molecule has 0 saturated carbocycles. The molecule has 3 heteroatoms. The van der Waals surface area contributed by atoms with Crippen molar-refractivity contribution in [1.29, 1.82) is 0 Å². The lowest BCUT2D eigenvalue weighted by Crippen LogP contribution is -2.26. The van der Waals surface area contributed by atoms with Crippen molar-refractivity contribution >= 4 is 0 Å². The molecule has 0 aliphatic carbocycles. The zero-order valence-corrected chi connectivity index (χ0v) is 13.1. The summed E-state index contributed by atoms with van der Waals surface area (Å²) < 4.78 is 5.74. The van der Waals surface area contributed by atoms with E-state index >= 15 is 0 Å². The van der Waals surface area contributed by atoms with Crippen LogP contribution in [0.2, 0.25) is 0 Å². The maximum Gasteiger partial charge on any atom is 0.123 e. The van der Waals surface area contributed by atoms with E-state index in [0.717, 1.165) is 30.3 Å². The number of aliphatic hydroxyl groups is 1. The second-order valence-electron chi connectivity index (χ2n) is 6.10. The van der Waals surface area contributed by atoms with Crippen LogP contribution in [0.15, 0.2) is 18.2 Å². The van der Waals surface area contributed by atoms with Gasteiger partial charge in [0.25, 0.3) is 0 Å². The van der Waals surface area contributed by atoms with E-state index in [9.17, 15) is 5.11 Å². The van der Waals surface area contributed by atoms with Gasteiger partial charge in [-0.1, -0.05) is 13.0 Å². The highest BCUT2D eigenvalue weighted by molar-refractivity contribution is 5.38. The third-order valence-electron chi connectivity index (χ3n) is 4.15. The number of hydrogen-bond acceptors (Lipinski definition) is 3. The van der Waals surface area contributed by atoms with E-state index in [0.29, 0.717) is 12.6 Å². The van der Waals surface area contributed by atoms with Crippen molar-refractivity contribution in [2.24, 2.45) is 5.92 Å². The van der Waals surface area contributed by atoms with Crippen LogP contribution in [-0.4, -0.2) is 29.2 Å². The molecule has 0 radical (unpaired) electrons. The zero-order chi connectivity index (χ0) is 14.7. The average molecular weight is 277 g/mol. The van der Waals surface area contributed by atoms with Crippen molar-refractivity contribution in [1.82, 2.24) is 4.90 Å². The maximum atomic E-state index is 9.77. The number of nitrogens with zero attached hydrogens (tertiary/aromatic N) is 1. The van der Waals surface area contributed by atoms with Gasteiger partial charge in [0.15, 0.2) is 0 Å². The van der Waals surface area contributed by atoms with Gasteiger partial charge in [-0.05, 0) is 50.8 Å². The molecule has 20 heavy (non-hydrogen) atoms. The highest BCUT2D eigenvalue weighted by atomic mass is 16.5. The average Bonchev–Trinajstić information content (AvgIpc) is 2.70. The SMILES string of the molecule is CCOc1ccc(C(C)O)cc1CN1CC(C)CC1C. The smallest absolute Gasteiger partial charge is 0.123 e. The minimum atomic E-state index is -0.431. The van der Waals surface area contributed by atoms with Gasteiger partial charge in [-0.25, -0.2) is 0 Å². The largest absolute Gasteiger partial charge is 0.494 e. The van der Waals surface area contributed by atoms with Crippen molar-refractivity contribution in [3.8, 4) is 5.75 Å². The summed E-state index contributed by atoms with van der Waals surface area (Å²) in [6.45, 7) is 11.1. The minimum Gasteiger partial charge on any atom is -0.494 e. The molecule has 1 aromatic rings. The molecule has 1 aliphatic heterocycles.